The van der Waals surface area contributed by atoms with Gasteiger partial charge in [0.1, 0.15) is 0 Å². The molecular weight excluding hydrogens is 458 g/mol. The van der Waals surface area contributed by atoms with Gasteiger partial charge in [-0.25, -0.2) is 8.42 Å². The summed E-state index contributed by atoms with van der Waals surface area (Å²) in [6.07, 6.45) is 2.09. The van der Waals surface area contributed by atoms with Crippen LogP contribution >= 0.6 is 0 Å². The van der Waals surface area contributed by atoms with Crippen LogP contribution in [0.5, 0.6) is 0 Å². The number of anilines is 2. The molecule has 1 aliphatic rings. The van der Waals surface area contributed by atoms with Crippen LogP contribution in [0.3, 0.4) is 0 Å². The van der Waals surface area contributed by atoms with Gasteiger partial charge in [-0.1, -0.05) is 48.5 Å². The van der Waals surface area contributed by atoms with E-state index in [1.165, 1.54) is 0 Å². The third-order valence-corrected chi connectivity index (χ3v) is 7.71. The van der Waals surface area contributed by atoms with Crippen molar-refractivity contribution >= 4 is 21.4 Å². The summed E-state index contributed by atoms with van der Waals surface area (Å²) in [6, 6.07) is 28.7. The minimum absolute atomic E-state index is 0.255. The number of rotatable bonds is 8. The van der Waals surface area contributed by atoms with E-state index in [2.05, 4.69) is 43.3 Å². The van der Waals surface area contributed by atoms with Gasteiger partial charge in [0.2, 0.25) is 0 Å². The number of nitrogens with one attached hydrogen (secondary N) is 3. The van der Waals surface area contributed by atoms with Gasteiger partial charge < -0.3 is 10.2 Å². The maximum absolute atomic E-state index is 12.5. The summed E-state index contributed by atoms with van der Waals surface area (Å²) in [4.78, 5) is 2.60. The molecule has 3 aromatic carbocycles. The van der Waals surface area contributed by atoms with Crippen molar-refractivity contribution in [3.05, 3.63) is 96.7 Å². The van der Waals surface area contributed by atoms with E-state index in [-0.39, 0.29) is 4.90 Å². The SMILES string of the molecule is O=S(=O)(Nc1ccc(N2CCC(NCc3cc(-c4ccccc4)n[nH]3)CC2)cc1)c1ccccc1. The average molecular weight is 488 g/mol. The number of hydrogen-bond acceptors (Lipinski definition) is 5. The highest BCUT2D eigenvalue weighted by Crippen LogP contribution is 2.24. The fourth-order valence-electron chi connectivity index (χ4n) is 4.36. The largest absolute Gasteiger partial charge is 0.371 e. The first kappa shape index (κ1) is 23.1. The summed E-state index contributed by atoms with van der Waals surface area (Å²) in [5.41, 5.74) is 4.82. The lowest BCUT2D eigenvalue weighted by atomic mass is 10.0. The molecule has 1 aromatic heterocycles. The van der Waals surface area contributed by atoms with Crippen LogP contribution < -0.4 is 14.9 Å². The zero-order valence-corrected chi connectivity index (χ0v) is 20.2. The second-order valence-corrected chi connectivity index (χ2v) is 10.4. The van der Waals surface area contributed by atoms with Gasteiger partial charge in [0.05, 0.1) is 10.6 Å². The second-order valence-electron chi connectivity index (χ2n) is 8.75. The maximum atomic E-state index is 12.5. The highest BCUT2D eigenvalue weighted by Gasteiger charge is 2.20. The molecule has 2 heterocycles. The van der Waals surface area contributed by atoms with E-state index < -0.39 is 10.0 Å². The first-order chi connectivity index (χ1) is 17.1. The molecule has 0 aliphatic carbocycles. The lowest BCUT2D eigenvalue weighted by Gasteiger charge is -2.34. The quantitative estimate of drug-likeness (QED) is 0.337. The van der Waals surface area contributed by atoms with Crippen LogP contribution in [0.4, 0.5) is 11.4 Å². The third kappa shape index (κ3) is 5.72. The van der Waals surface area contributed by atoms with Gasteiger partial charge in [-0.15, -0.1) is 0 Å². The molecule has 7 nitrogen and oxygen atoms in total. The summed E-state index contributed by atoms with van der Waals surface area (Å²) in [5.74, 6) is 0. The summed E-state index contributed by atoms with van der Waals surface area (Å²) in [5, 5.41) is 11.2. The van der Waals surface area contributed by atoms with E-state index in [4.69, 9.17) is 0 Å². The fraction of sp³-hybridized carbons (Fsp3) is 0.222. The lowest BCUT2D eigenvalue weighted by molar-refractivity contribution is 0.412. The zero-order valence-electron chi connectivity index (χ0n) is 19.4. The topological polar surface area (TPSA) is 90.1 Å². The number of benzene rings is 3. The van der Waals surface area contributed by atoms with Crippen molar-refractivity contribution in [2.45, 2.75) is 30.3 Å². The first-order valence-electron chi connectivity index (χ1n) is 11.8. The molecule has 35 heavy (non-hydrogen) atoms. The van der Waals surface area contributed by atoms with Crippen molar-refractivity contribution in [2.75, 3.05) is 22.7 Å². The summed E-state index contributed by atoms with van der Waals surface area (Å²) in [6.45, 7) is 2.66. The second kappa shape index (κ2) is 10.3. The fourth-order valence-corrected chi connectivity index (χ4v) is 5.44. The predicted octanol–water partition coefficient (Wildman–Crippen LogP) is 4.64. The Labute approximate surface area is 206 Å². The Morgan fingerprint density at radius 3 is 2.23 bits per heavy atom. The van der Waals surface area contributed by atoms with Gasteiger partial charge in [-0.3, -0.25) is 9.82 Å². The predicted molar refractivity (Wildman–Crippen MR) is 140 cm³/mol. The van der Waals surface area contributed by atoms with E-state index in [0.717, 1.165) is 55.1 Å². The van der Waals surface area contributed by atoms with Crippen LogP contribution in [0.15, 0.2) is 95.9 Å². The molecule has 0 unspecified atom stereocenters. The highest BCUT2D eigenvalue weighted by atomic mass is 32.2. The van der Waals surface area contributed by atoms with E-state index in [1.54, 1.807) is 30.3 Å². The number of nitrogens with zero attached hydrogens (tertiary/aromatic N) is 2. The van der Waals surface area contributed by atoms with Crippen molar-refractivity contribution in [2.24, 2.45) is 0 Å². The van der Waals surface area contributed by atoms with E-state index in [1.807, 2.05) is 42.5 Å². The molecule has 8 heteroatoms. The Morgan fingerprint density at radius 2 is 1.54 bits per heavy atom. The molecule has 0 bridgehead atoms. The Hall–Kier alpha value is -3.62. The molecule has 5 rings (SSSR count). The molecule has 1 saturated heterocycles. The van der Waals surface area contributed by atoms with Gasteiger partial charge in [0.25, 0.3) is 10.0 Å². The molecule has 180 valence electrons. The van der Waals surface area contributed by atoms with Crippen molar-refractivity contribution in [1.29, 1.82) is 0 Å². The minimum Gasteiger partial charge on any atom is -0.371 e. The zero-order chi connectivity index (χ0) is 24.1. The number of piperidine rings is 1. The van der Waals surface area contributed by atoms with Crippen LogP contribution in [0.25, 0.3) is 11.3 Å². The van der Waals surface area contributed by atoms with Gasteiger partial charge in [0, 0.05) is 48.3 Å². The number of H-pyrrole nitrogens is 1. The number of aromatic amines is 1. The van der Waals surface area contributed by atoms with Gasteiger partial charge in [0.15, 0.2) is 0 Å². The summed E-state index contributed by atoms with van der Waals surface area (Å²) < 4.78 is 27.7. The molecule has 3 N–H and O–H groups in total. The van der Waals surface area contributed by atoms with Crippen LogP contribution in [-0.2, 0) is 16.6 Å². The Bertz CT molecular complexity index is 1330. The Kier molecular flexibility index (Phi) is 6.83. The van der Waals surface area contributed by atoms with E-state index in [0.29, 0.717) is 11.7 Å². The first-order valence-corrected chi connectivity index (χ1v) is 13.3. The number of sulfonamides is 1. The molecule has 0 atom stereocenters. The average Bonchev–Trinajstić information content (AvgIpc) is 3.38. The molecule has 0 radical (unpaired) electrons. The summed E-state index contributed by atoms with van der Waals surface area (Å²) in [7, 11) is -3.58. The molecule has 1 fully saturated rings. The van der Waals surface area contributed by atoms with Gasteiger partial charge in [-0.2, -0.15) is 5.10 Å². The van der Waals surface area contributed by atoms with Crippen molar-refractivity contribution < 1.29 is 8.42 Å². The smallest absolute Gasteiger partial charge is 0.261 e. The van der Waals surface area contributed by atoms with Crippen molar-refractivity contribution in [3.8, 4) is 11.3 Å². The molecule has 0 saturated carbocycles. The van der Waals surface area contributed by atoms with Crippen molar-refractivity contribution in [1.82, 2.24) is 15.5 Å². The lowest BCUT2D eigenvalue weighted by Crippen LogP contribution is -2.42. The van der Waals surface area contributed by atoms with E-state index >= 15 is 0 Å². The standard InChI is InChI=1S/C27H29N5O2S/c33-35(34,26-9-5-2-6-10-26)31-23-11-13-25(14-12-23)32-17-15-22(16-18-32)28-20-24-19-27(30-29-24)21-7-3-1-4-8-21/h1-14,19,22,28,31H,15-18,20H2,(H,29,30). The number of hydrogen-bond donors (Lipinski definition) is 3. The summed E-state index contributed by atoms with van der Waals surface area (Å²) >= 11 is 0. The van der Waals surface area contributed by atoms with Crippen LogP contribution in [-0.4, -0.2) is 37.7 Å². The monoisotopic (exact) mass is 487 g/mol. The maximum Gasteiger partial charge on any atom is 0.261 e. The van der Waals surface area contributed by atoms with Crippen LogP contribution in [0.1, 0.15) is 18.5 Å². The highest BCUT2D eigenvalue weighted by molar-refractivity contribution is 7.92. The third-order valence-electron chi connectivity index (χ3n) is 6.31. The van der Waals surface area contributed by atoms with Crippen molar-refractivity contribution in [3.63, 3.8) is 0 Å². The normalized spacial score (nSPS) is 14.7. The van der Waals surface area contributed by atoms with Gasteiger partial charge in [-0.05, 0) is 55.3 Å². The Balaban J connectivity index is 1.11. The molecule has 0 amide bonds. The Morgan fingerprint density at radius 1 is 0.886 bits per heavy atom. The van der Waals surface area contributed by atoms with Gasteiger partial charge >= 0.3 is 0 Å². The molecule has 4 aromatic rings. The minimum atomic E-state index is -3.58. The molecule has 1 aliphatic heterocycles. The number of aromatic nitrogens is 2. The van der Waals surface area contributed by atoms with E-state index in [9.17, 15) is 8.42 Å². The van der Waals surface area contributed by atoms with Crippen LogP contribution in [0, 0.1) is 0 Å². The molecular formula is C27H29N5O2S. The molecule has 0 spiro atoms. The van der Waals surface area contributed by atoms with Crippen LogP contribution in [0.2, 0.25) is 0 Å².